The summed E-state index contributed by atoms with van der Waals surface area (Å²) in [5.74, 6) is -1.57. The van der Waals surface area contributed by atoms with Crippen LogP contribution in [0.4, 0.5) is 5.69 Å². The largest absolute Gasteiger partial charge is 0.341 e. The van der Waals surface area contributed by atoms with Crippen LogP contribution in [0.1, 0.15) is 31.9 Å². The number of nitrogens with zero attached hydrogens (tertiary/aromatic N) is 2. The van der Waals surface area contributed by atoms with Crippen molar-refractivity contribution in [2.45, 2.75) is 32.6 Å². The number of rotatable bonds is 5. The van der Waals surface area contributed by atoms with Crippen molar-refractivity contribution in [2.75, 3.05) is 25.0 Å². The standard InChI is InChI=1S/C21H25N5O4/c1-2-15-12-17(27)25-19(23-15)14-7-6-8-16(11-14)24-21(30)20(29)22-13-18(28)26-9-4-3-5-10-26/h6-8,11-12H,2-5,9-10,13H2,1H3,(H,22,29)(H,24,30)(H,23,25,27). The molecule has 1 aliphatic rings. The lowest BCUT2D eigenvalue weighted by molar-refractivity contribution is -0.138. The Morgan fingerprint density at radius 2 is 1.87 bits per heavy atom. The first-order valence-corrected chi connectivity index (χ1v) is 10.0. The number of hydrogen-bond donors (Lipinski definition) is 3. The van der Waals surface area contributed by atoms with E-state index in [4.69, 9.17) is 0 Å². The van der Waals surface area contributed by atoms with Gasteiger partial charge in [-0.15, -0.1) is 0 Å². The number of benzene rings is 1. The van der Waals surface area contributed by atoms with Gasteiger partial charge in [0.05, 0.1) is 6.54 Å². The van der Waals surface area contributed by atoms with Gasteiger partial charge in [0.25, 0.3) is 5.56 Å². The highest BCUT2D eigenvalue weighted by Gasteiger charge is 2.19. The summed E-state index contributed by atoms with van der Waals surface area (Å²) in [6, 6.07) is 8.09. The molecule has 1 aromatic carbocycles. The molecule has 158 valence electrons. The second-order valence-electron chi connectivity index (χ2n) is 7.10. The summed E-state index contributed by atoms with van der Waals surface area (Å²) in [6.07, 6.45) is 3.63. The minimum absolute atomic E-state index is 0.191. The fourth-order valence-corrected chi connectivity index (χ4v) is 3.25. The molecule has 0 atom stereocenters. The van der Waals surface area contributed by atoms with Gasteiger partial charge in [0.15, 0.2) is 0 Å². The van der Waals surface area contributed by atoms with Crippen LogP contribution >= 0.6 is 0 Å². The molecule has 0 aliphatic carbocycles. The van der Waals surface area contributed by atoms with E-state index in [0.29, 0.717) is 42.3 Å². The molecule has 1 fully saturated rings. The molecular formula is C21H25N5O4. The zero-order chi connectivity index (χ0) is 21.5. The Labute approximate surface area is 173 Å². The molecule has 9 heteroatoms. The zero-order valence-corrected chi connectivity index (χ0v) is 16.9. The van der Waals surface area contributed by atoms with Gasteiger partial charge in [-0.05, 0) is 37.8 Å². The predicted molar refractivity (Wildman–Crippen MR) is 112 cm³/mol. The lowest BCUT2D eigenvalue weighted by atomic mass is 10.1. The first-order valence-electron chi connectivity index (χ1n) is 10.0. The molecule has 1 saturated heterocycles. The molecule has 0 spiro atoms. The number of aryl methyl sites for hydroxylation is 1. The second-order valence-corrected chi connectivity index (χ2v) is 7.10. The number of H-pyrrole nitrogens is 1. The van der Waals surface area contributed by atoms with Crippen LogP contribution in [0, 0.1) is 0 Å². The number of carbonyl (C=O) groups is 3. The van der Waals surface area contributed by atoms with E-state index in [-0.39, 0.29) is 18.0 Å². The summed E-state index contributed by atoms with van der Waals surface area (Å²) >= 11 is 0. The molecule has 3 amide bonds. The van der Waals surface area contributed by atoms with Crippen molar-refractivity contribution < 1.29 is 14.4 Å². The molecule has 0 saturated carbocycles. The number of anilines is 1. The minimum Gasteiger partial charge on any atom is -0.341 e. The fourth-order valence-electron chi connectivity index (χ4n) is 3.25. The van der Waals surface area contributed by atoms with Crippen molar-refractivity contribution >= 4 is 23.4 Å². The van der Waals surface area contributed by atoms with E-state index in [1.807, 2.05) is 6.92 Å². The fraction of sp³-hybridized carbons (Fsp3) is 0.381. The molecule has 1 aromatic heterocycles. The van der Waals surface area contributed by atoms with Crippen molar-refractivity contribution in [2.24, 2.45) is 0 Å². The topological polar surface area (TPSA) is 124 Å². The third-order valence-corrected chi connectivity index (χ3v) is 4.87. The first kappa shape index (κ1) is 21.2. The van der Waals surface area contributed by atoms with Crippen LogP contribution in [0.25, 0.3) is 11.4 Å². The summed E-state index contributed by atoms with van der Waals surface area (Å²) in [7, 11) is 0. The Morgan fingerprint density at radius 1 is 1.10 bits per heavy atom. The molecule has 2 heterocycles. The summed E-state index contributed by atoms with van der Waals surface area (Å²) in [6.45, 7) is 3.06. The molecule has 1 aliphatic heterocycles. The van der Waals surface area contributed by atoms with Gasteiger partial charge in [-0.25, -0.2) is 4.98 Å². The molecular weight excluding hydrogens is 386 g/mol. The number of hydrogen-bond acceptors (Lipinski definition) is 5. The SMILES string of the molecule is CCc1cc(=O)[nH]c(-c2cccc(NC(=O)C(=O)NCC(=O)N3CCCCC3)c2)n1. The lowest BCUT2D eigenvalue weighted by Gasteiger charge is -2.26. The van der Waals surface area contributed by atoms with Gasteiger partial charge in [0.2, 0.25) is 5.91 Å². The van der Waals surface area contributed by atoms with Crippen LogP contribution < -0.4 is 16.2 Å². The summed E-state index contributed by atoms with van der Waals surface area (Å²) in [5.41, 5.74) is 1.37. The Kier molecular flexibility index (Phi) is 6.95. The summed E-state index contributed by atoms with van der Waals surface area (Å²) < 4.78 is 0. The molecule has 0 bridgehead atoms. The number of aromatic nitrogens is 2. The monoisotopic (exact) mass is 411 g/mol. The average molecular weight is 411 g/mol. The van der Waals surface area contributed by atoms with Gasteiger partial charge in [0.1, 0.15) is 5.82 Å². The van der Waals surface area contributed by atoms with E-state index in [1.54, 1.807) is 29.2 Å². The molecule has 0 unspecified atom stereocenters. The van der Waals surface area contributed by atoms with Gasteiger partial charge in [-0.2, -0.15) is 0 Å². The highest BCUT2D eigenvalue weighted by atomic mass is 16.2. The first-order chi connectivity index (χ1) is 14.5. The quantitative estimate of drug-likeness (QED) is 0.635. The molecule has 9 nitrogen and oxygen atoms in total. The number of piperidine rings is 1. The van der Waals surface area contributed by atoms with Gasteiger partial charge < -0.3 is 20.5 Å². The van der Waals surface area contributed by atoms with E-state index in [0.717, 1.165) is 19.3 Å². The third kappa shape index (κ3) is 5.53. The summed E-state index contributed by atoms with van der Waals surface area (Å²) in [5, 5.41) is 4.87. The summed E-state index contributed by atoms with van der Waals surface area (Å²) in [4.78, 5) is 56.9. The van der Waals surface area contributed by atoms with E-state index in [9.17, 15) is 19.2 Å². The highest BCUT2D eigenvalue weighted by Crippen LogP contribution is 2.19. The Morgan fingerprint density at radius 3 is 2.60 bits per heavy atom. The number of aromatic amines is 1. The lowest BCUT2D eigenvalue weighted by Crippen LogP contribution is -2.45. The van der Waals surface area contributed by atoms with Gasteiger partial charge in [-0.1, -0.05) is 19.1 Å². The molecule has 2 aromatic rings. The maximum Gasteiger partial charge on any atom is 0.313 e. The Hall–Kier alpha value is -3.49. The van der Waals surface area contributed by atoms with E-state index in [1.165, 1.54) is 6.07 Å². The van der Waals surface area contributed by atoms with E-state index >= 15 is 0 Å². The van der Waals surface area contributed by atoms with Crippen LogP contribution in [0.3, 0.4) is 0 Å². The molecule has 3 rings (SSSR count). The normalized spacial score (nSPS) is 13.6. The maximum atomic E-state index is 12.2. The molecule has 0 radical (unpaired) electrons. The van der Waals surface area contributed by atoms with Gasteiger partial charge in [-0.3, -0.25) is 19.2 Å². The van der Waals surface area contributed by atoms with Gasteiger partial charge >= 0.3 is 11.8 Å². The van der Waals surface area contributed by atoms with Crippen molar-refractivity contribution in [3.05, 3.63) is 46.4 Å². The number of likely N-dealkylation sites (tertiary alicyclic amines) is 1. The molecule has 3 N–H and O–H groups in total. The Balaban J connectivity index is 1.60. The smallest absolute Gasteiger partial charge is 0.313 e. The Bertz CT molecular complexity index is 995. The van der Waals surface area contributed by atoms with Crippen molar-refractivity contribution in [3.8, 4) is 11.4 Å². The van der Waals surface area contributed by atoms with Crippen molar-refractivity contribution in [1.82, 2.24) is 20.2 Å². The van der Waals surface area contributed by atoms with Crippen LogP contribution in [0.2, 0.25) is 0 Å². The van der Waals surface area contributed by atoms with E-state index < -0.39 is 11.8 Å². The van der Waals surface area contributed by atoms with Crippen molar-refractivity contribution in [3.63, 3.8) is 0 Å². The predicted octanol–water partition coefficient (Wildman–Crippen LogP) is 1.07. The maximum absolute atomic E-state index is 12.2. The van der Waals surface area contributed by atoms with Crippen LogP contribution in [0.15, 0.2) is 35.1 Å². The highest BCUT2D eigenvalue weighted by molar-refractivity contribution is 6.39. The van der Waals surface area contributed by atoms with Crippen LogP contribution in [-0.4, -0.2) is 52.2 Å². The number of carbonyl (C=O) groups excluding carboxylic acids is 3. The minimum atomic E-state index is -0.884. The van der Waals surface area contributed by atoms with E-state index in [2.05, 4.69) is 20.6 Å². The third-order valence-electron chi connectivity index (χ3n) is 4.87. The molecule has 30 heavy (non-hydrogen) atoms. The van der Waals surface area contributed by atoms with Crippen molar-refractivity contribution in [1.29, 1.82) is 0 Å². The van der Waals surface area contributed by atoms with Gasteiger partial charge in [0, 0.05) is 36.1 Å². The zero-order valence-electron chi connectivity index (χ0n) is 16.9. The van der Waals surface area contributed by atoms with Crippen LogP contribution in [-0.2, 0) is 20.8 Å². The number of nitrogens with one attached hydrogen (secondary N) is 3. The van der Waals surface area contributed by atoms with Crippen LogP contribution in [0.5, 0.6) is 0 Å². The number of amides is 3. The second kappa shape index (κ2) is 9.82. The average Bonchev–Trinajstić information content (AvgIpc) is 2.77.